The Morgan fingerprint density at radius 2 is 2.15 bits per heavy atom. The molecule has 1 aliphatic heterocycles. The number of methoxy groups -OCH3 is 1. The van der Waals surface area contributed by atoms with Gasteiger partial charge < -0.3 is 14.2 Å². The molecule has 1 heterocycles. The minimum absolute atomic E-state index is 0.123. The Labute approximate surface area is 75.5 Å². The molecule has 0 saturated carbocycles. The zero-order chi connectivity index (χ0) is 9.26. The number of ether oxygens (including phenoxy) is 3. The Balaban J connectivity index is 2.36. The molecule has 1 aliphatic rings. The molecule has 0 atom stereocenters. The van der Waals surface area contributed by atoms with Gasteiger partial charge in [0.1, 0.15) is 0 Å². The molecule has 0 bridgehead atoms. The molecule has 0 radical (unpaired) electrons. The second-order valence-corrected chi connectivity index (χ2v) is 2.60. The zero-order valence-electron chi connectivity index (χ0n) is 7.16. The quantitative estimate of drug-likeness (QED) is 0.523. The van der Waals surface area contributed by atoms with Crippen molar-refractivity contribution in [1.82, 2.24) is 0 Å². The first kappa shape index (κ1) is 7.91. The molecule has 0 spiro atoms. The lowest BCUT2D eigenvalue weighted by Crippen LogP contribution is -2.00. The van der Waals surface area contributed by atoms with Crippen LogP contribution < -0.4 is 9.47 Å². The van der Waals surface area contributed by atoms with Crippen molar-refractivity contribution in [2.24, 2.45) is 0 Å². The number of rotatable bonds is 1. The molecule has 1 aromatic carbocycles. The van der Waals surface area contributed by atoms with Gasteiger partial charge in [-0.2, -0.15) is 0 Å². The number of fused-ring (bicyclic) bond motifs is 1. The minimum atomic E-state index is 0.123. The lowest BCUT2D eigenvalue weighted by molar-refractivity contribution is 0.174. The third-order valence-electron chi connectivity index (χ3n) is 1.84. The highest BCUT2D eigenvalue weighted by molar-refractivity contribution is 5.92. The van der Waals surface area contributed by atoms with Gasteiger partial charge in [-0.1, -0.05) is 0 Å². The van der Waals surface area contributed by atoms with Crippen molar-refractivity contribution in [3.8, 4) is 11.5 Å². The molecular formula is C9H9NO3. The molecule has 1 N–H and O–H groups in total. The van der Waals surface area contributed by atoms with E-state index >= 15 is 0 Å². The van der Waals surface area contributed by atoms with Crippen LogP contribution in [0.2, 0.25) is 0 Å². The van der Waals surface area contributed by atoms with Crippen LogP contribution >= 0.6 is 0 Å². The fraction of sp³-hybridized carbons (Fsp3) is 0.222. The fourth-order valence-corrected chi connectivity index (χ4v) is 1.16. The Kier molecular flexibility index (Phi) is 1.81. The normalized spacial score (nSPS) is 12.7. The van der Waals surface area contributed by atoms with Crippen LogP contribution in [-0.4, -0.2) is 19.8 Å². The van der Waals surface area contributed by atoms with Crippen molar-refractivity contribution in [3.63, 3.8) is 0 Å². The predicted molar refractivity (Wildman–Crippen MR) is 46.4 cm³/mol. The average Bonchev–Trinajstić information content (AvgIpc) is 2.63. The topological polar surface area (TPSA) is 51.5 Å². The van der Waals surface area contributed by atoms with E-state index < -0.39 is 0 Å². The summed E-state index contributed by atoms with van der Waals surface area (Å²) in [4.78, 5) is 0. The maximum Gasteiger partial charge on any atom is 0.231 e. The Morgan fingerprint density at radius 1 is 1.38 bits per heavy atom. The van der Waals surface area contributed by atoms with Gasteiger partial charge in [-0.15, -0.1) is 0 Å². The Morgan fingerprint density at radius 3 is 2.92 bits per heavy atom. The van der Waals surface area contributed by atoms with Crippen LogP contribution in [0, 0.1) is 5.41 Å². The highest BCUT2D eigenvalue weighted by Crippen LogP contribution is 2.32. The predicted octanol–water partition coefficient (Wildman–Crippen LogP) is 1.39. The molecule has 0 aliphatic carbocycles. The molecule has 68 valence electrons. The van der Waals surface area contributed by atoms with Crippen molar-refractivity contribution < 1.29 is 14.2 Å². The molecule has 0 amide bonds. The van der Waals surface area contributed by atoms with Gasteiger partial charge in [0.25, 0.3) is 0 Å². The van der Waals surface area contributed by atoms with Gasteiger partial charge in [-0.05, 0) is 18.2 Å². The van der Waals surface area contributed by atoms with Gasteiger partial charge in [0.15, 0.2) is 11.5 Å². The third-order valence-corrected chi connectivity index (χ3v) is 1.84. The number of benzene rings is 1. The van der Waals surface area contributed by atoms with Crippen molar-refractivity contribution in [1.29, 1.82) is 5.41 Å². The molecule has 13 heavy (non-hydrogen) atoms. The standard InChI is InChI=1S/C9H9NO3/c1-11-9(10)6-2-3-7-8(4-6)13-5-12-7/h2-4,10H,5H2,1H3. The first-order valence-electron chi connectivity index (χ1n) is 3.84. The van der Waals surface area contributed by atoms with E-state index in [-0.39, 0.29) is 12.7 Å². The van der Waals surface area contributed by atoms with E-state index in [0.29, 0.717) is 17.1 Å². The van der Waals surface area contributed by atoms with Gasteiger partial charge in [0.2, 0.25) is 12.7 Å². The molecule has 4 heteroatoms. The summed E-state index contributed by atoms with van der Waals surface area (Å²) >= 11 is 0. The number of hydrogen-bond donors (Lipinski definition) is 1. The van der Waals surface area contributed by atoms with Gasteiger partial charge in [-0.25, -0.2) is 0 Å². The summed E-state index contributed by atoms with van der Waals surface area (Å²) in [6.45, 7) is 0.249. The maximum atomic E-state index is 7.42. The highest BCUT2D eigenvalue weighted by Gasteiger charge is 2.14. The van der Waals surface area contributed by atoms with Crippen molar-refractivity contribution in [2.45, 2.75) is 0 Å². The zero-order valence-corrected chi connectivity index (χ0v) is 7.16. The summed E-state index contributed by atoms with van der Waals surface area (Å²) < 4.78 is 15.1. The van der Waals surface area contributed by atoms with Crippen LogP contribution in [0.25, 0.3) is 0 Å². The first-order chi connectivity index (χ1) is 6.31. The molecule has 0 fully saturated rings. The smallest absolute Gasteiger partial charge is 0.231 e. The average molecular weight is 179 g/mol. The molecule has 4 nitrogen and oxygen atoms in total. The Hall–Kier alpha value is -1.71. The SMILES string of the molecule is COC(=N)c1ccc2c(c1)OCO2. The summed E-state index contributed by atoms with van der Waals surface area (Å²) in [6.07, 6.45) is 0. The molecule has 1 aromatic rings. The van der Waals surface area contributed by atoms with Gasteiger partial charge in [0, 0.05) is 5.56 Å². The number of nitrogens with one attached hydrogen (secondary N) is 1. The van der Waals surface area contributed by atoms with Crippen LogP contribution in [0.1, 0.15) is 5.56 Å². The van der Waals surface area contributed by atoms with E-state index in [1.807, 2.05) is 0 Å². The molecular weight excluding hydrogens is 170 g/mol. The van der Waals surface area contributed by atoms with Gasteiger partial charge in [0.05, 0.1) is 7.11 Å². The largest absolute Gasteiger partial charge is 0.481 e. The van der Waals surface area contributed by atoms with Crippen molar-refractivity contribution in [3.05, 3.63) is 23.8 Å². The van der Waals surface area contributed by atoms with E-state index in [0.717, 1.165) is 0 Å². The summed E-state index contributed by atoms with van der Waals surface area (Å²) in [5, 5.41) is 7.42. The van der Waals surface area contributed by atoms with E-state index in [9.17, 15) is 0 Å². The second-order valence-electron chi connectivity index (χ2n) is 2.60. The second kappa shape index (κ2) is 2.97. The summed E-state index contributed by atoms with van der Waals surface area (Å²) in [5.41, 5.74) is 0.687. The maximum absolute atomic E-state index is 7.42. The highest BCUT2D eigenvalue weighted by atomic mass is 16.7. The van der Waals surface area contributed by atoms with E-state index in [1.54, 1.807) is 18.2 Å². The third kappa shape index (κ3) is 1.30. The summed E-state index contributed by atoms with van der Waals surface area (Å²) in [7, 11) is 1.47. The van der Waals surface area contributed by atoms with Crippen LogP contribution in [0.3, 0.4) is 0 Å². The van der Waals surface area contributed by atoms with Crippen LogP contribution in [0.4, 0.5) is 0 Å². The summed E-state index contributed by atoms with van der Waals surface area (Å²) in [6, 6.07) is 5.26. The molecule has 2 rings (SSSR count). The number of hydrogen-bond acceptors (Lipinski definition) is 4. The fourth-order valence-electron chi connectivity index (χ4n) is 1.16. The first-order valence-corrected chi connectivity index (χ1v) is 3.84. The van der Waals surface area contributed by atoms with Crippen molar-refractivity contribution in [2.75, 3.05) is 13.9 Å². The lowest BCUT2D eigenvalue weighted by atomic mass is 10.2. The van der Waals surface area contributed by atoms with Gasteiger partial charge >= 0.3 is 0 Å². The van der Waals surface area contributed by atoms with Crippen LogP contribution in [-0.2, 0) is 4.74 Å². The summed E-state index contributed by atoms with van der Waals surface area (Å²) in [5.74, 6) is 1.50. The van der Waals surface area contributed by atoms with Crippen LogP contribution in [0.15, 0.2) is 18.2 Å². The van der Waals surface area contributed by atoms with Crippen molar-refractivity contribution >= 4 is 5.90 Å². The monoisotopic (exact) mass is 179 g/mol. The van der Waals surface area contributed by atoms with E-state index in [4.69, 9.17) is 19.6 Å². The Bertz CT molecular complexity index is 349. The lowest BCUT2D eigenvalue weighted by Gasteiger charge is -2.02. The molecule has 0 aromatic heterocycles. The minimum Gasteiger partial charge on any atom is -0.481 e. The van der Waals surface area contributed by atoms with Gasteiger partial charge in [-0.3, -0.25) is 5.41 Å². The molecule has 0 saturated heterocycles. The van der Waals surface area contributed by atoms with Crippen LogP contribution in [0.5, 0.6) is 11.5 Å². The molecule has 0 unspecified atom stereocenters. The van der Waals surface area contributed by atoms with E-state index in [2.05, 4.69) is 0 Å². The van der Waals surface area contributed by atoms with E-state index in [1.165, 1.54) is 7.11 Å².